The molecule has 2 heterocycles. The van der Waals surface area contributed by atoms with Gasteiger partial charge in [0.05, 0.1) is 5.69 Å². The number of thioether (sulfide) groups is 1. The van der Waals surface area contributed by atoms with E-state index in [1.807, 2.05) is 18.4 Å². The average Bonchev–Trinajstić information content (AvgIpc) is 2.97. The van der Waals surface area contributed by atoms with Crippen molar-refractivity contribution in [2.45, 2.75) is 31.1 Å². The molecule has 3 rings (SSSR count). The summed E-state index contributed by atoms with van der Waals surface area (Å²) < 4.78 is 6.45. The molecule has 2 N–H and O–H groups in total. The molecule has 1 aliphatic rings. The second-order valence-corrected chi connectivity index (χ2v) is 9.01. The van der Waals surface area contributed by atoms with Crippen molar-refractivity contribution in [1.82, 2.24) is 10.3 Å². The first kappa shape index (κ1) is 19.4. The van der Waals surface area contributed by atoms with Crippen molar-refractivity contribution >= 4 is 45.9 Å². The van der Waals surface area contributed by atoms with E-state index in [0.717, 1.165) is 53.8 Å². The SMILES string of the molecule is CSc1cc2nc(C(C)(C)C)oc2cc1NC(=S)O[N+]1(C)CCNCC1. The number of likely N-dealkylation sites (N-methyl/N-ethyl adjacent to an activating group) is 1. The van der Waals surface area contributed by atoms with E-state index in [9.17, 15) is 0 Å². The molecule has 0 radical (unpaired) electrons. The van der Waals surface area contributed by atoms with Crippen LogP contribution in [-0.4, -0.2) is 54.3 Å². The first-order chi connectivity index (χ1) is 12.2. The summed E-state index contributed by atoms with van der Waals surface area (Å²) >= 11 is 7.10. The minimum Gasteiger partial charge on any atom is -0.440 e. The van der Waals surface area contributed by atoms with E-state index in [0.29, 0.717) is 9.82 Å². The Morgan fingerprint density at radius 1 is 1.35 bits per heavy atom. The van der Waals surface area contributed by atoms with Gasteiger partial charge in [0, 0.05) is 29.5 Å². The van der Waals surface area contributed by atoms with E-state index in [2.05, 4.69) is 43.4 Å². The molecule has 0 saturated carbocycles. The molecule has 6 nitrogen and oxygen atoms in total. The van der Waals surface area contributed by atoms with Crippen molar-refractivity contribution in [2.24, 2.45) is 0 Å². The van der Waals surface area contributed by atoms with E-state index in [1.165, 1.54) is 0 Å². The fourth-order valence-electron chi connectivity index (χ4n) is 2.83. The Hall–Kier alpha value is -1.35. The van der Waals surface area contributed by atoms with E-state index in [4.69, 9.17) is 21.5 Å². The van der Waals surface area contributed by atoms with Crippen LogP contribution in [-0.2, 0) is 10.3 Å². The summed E-state index contributed by atoms with van der Waals surface area (Å²) in [5, 5.41) is 6.95. The normalized spacial score (nSPS) is 17.3. The number of benzene rings is 1. The lowest BCUT2D eigenvalue weighted by Gasteiger charge is -2.34. The molecule has 1 fully saturated rings. The molecule has 26 heavy (non-hydrogen) atoms. The van der Waals surface area contributed by atoms with Crippen molar-refractivity contribution < 1.29 is 13.9 Å². The number of quaternary nitrogens is 1. The van der Waals surface area contributed by atoms with Crippen LogP contribution in [0.15, 0.2) is 21.4 Å². The maximum absolute atomic E-state index is 6.02. The summed E-state index contributed by atoms with van der Waals surface area (Å²) in [5.74, 6) is 0.731. The molecule has 8 heteroatoms. The first-order valence-electron chi connectivity index (χ1n) is 8.75. The fourth-order valence-corrected chi connectivity index (χ4v) is 3.68. The van der Waals surface area contributed by atoms with Crippen LogP contribution in [0, 0.1) is 0 Å². The molecule has 0 atom stereocenters. The van der Waals surface area contributed by atoms with Crippen LogP contribution in [0.3, 0.4) is 0 Å². The molecule has 142 valence electrons. The number of nitrogens with one attached hydrogen (secondary N) is 2. The van der Waals surface area contributed by atoms with Gasteiger partial charge in [0.2, 0.25) is 5.89 Å². The highest BCUT2D eigenvalue weighted by Crippen LogP contribution is 2.33. The third-order valence-corrected chi connectivity index (χ3v) is 5.37. The van der Waals surface area contributed by atoms with E-state index in [-0.39, 0.29) is 5.41 Å². The zero-order valence-corrected chi connectivity index (χ0v) is 17.6. The van der Waals surface area contributed by atoms with Gasteiger partial charge in [-0.3, -0.25) is 4.84 Å². The fraction of sp³-hybridized carbons (Fsp3) is 0.556. The number of rotatable bonds is 3. The predicted octanol–water partition coefficient (Wildman–Crippen LogP) is 3.53. The monoisotopic (exact) mass is 395 g/mol. The van der Waals surface area contributed by atoms with Crippen LogP contribution in [0.4, 0.5) is 5.69 Å². The molecule has 0 spiro atoms. The van der Waals surface area contributed by atoms with Crippen molar-refractivity contribution in [3.63, 3.8) is 0 Å². The average molecular weight is 396 g/mol. The molecule has 1 saturated heterocycles. The Labute approximate surface area is 164 Å². The Morgan fingerprint density at radius 3 is 2.65 bits per heavy atom. The lowest BCUT2D eigenvalue weighted by Crippen LogP contribution is -2.57. The van der Waals surface area contributed by atoms with Gasteiger partial charge < -0.3 is 15.1 Å². The number of oxazole rings is 1. The minimum absolute atomic E-state index is 0.133. The molecule has 0 bridgehead atoms. The maximum Gasteiger partial charge on any atom is 0.326 e. The van der Waals surface area contributed by atoms with Crippen molar-refractivity contribution in [3.8, 4) is 0 Å². The number of piperazine rings is 1. The zero-order chi connectivity index (χ0) is 18.9. The summed E-state index contributed by atoms with van der Waals surface area (Å²) in [6.45, 7) is 9.89. The quantitative estimate of drug-likeness (QED) is 0.468. The number of hydroxylamine groups is 3. The summed E-state index contributed by atoms with van der Waals surface area (Å²) in [6.07, 6.45) is 2.03. The largest absolute Gasteiger partial charge is 0.440 e. The molecular formula is C18H27N4O2S2+. The molecule has 2 aromatic rings. The standard InChI is InChI=1S/C18H26N4O2S2/c1-18(2,3)16-20-12-11-15(26-5)13(10-14(12)23-16)21-17(25)24-22(4)8-6-19-7-9-22/h10-11,19H,6-9H2,1-5H3/p+1. The van der Waals surface area contributed by atoms with Crippen LogP contribution in [0.1, 0.15) is 26.7 Å². The smallest absolute Gasteiger partial charge is 0.326 e. The third kappa shape index (κ3) is 4.31. The van der Waals surface area contributed by atoms with E-state index < -0.39 is 0 Å². The van der Waals surface area contributed by atoms with Crippen molar-refractivity contribution in [1.29, 1.82) is 0 Å². The van der Waals surface area contributed by atoms with Gasteiger partial charge >= 0.3 is 5.17 Å². The molecular weight excluding hydrogens is 368 g/mol. The number of fused-ring (bicyclic) bond motifs is 1. The van der Waals surface area contributed by atoms with Gasteiger partial charge in [-0.1, -0.05) is 20.8 Å². The summed E-state index contributed by atoms with van der Waals surface area (Å²) in [4.78, 5) is 11.7. The summed E-state index contributed by atoms with van der Waals surface area (Å²) in [5.41, 5.74) is 2.36. The summed E-state index contributed by atoms with van der Waals surface area (Å²) in [7, 11) is 2.06. The number of aromatic nitrogens is 1. The third-order valence-electron chi connectivity index (χ3n) is 4.41. The topological polar surface area (TPSA) is 59.3 Å². The van der Waals surface area contributed by atoms with Crippen LogP contribution in [0.5, 0.6) is 0 Å². The Morgan fingerprint density at radius 2 is 2.04 bits per heavy atom. The second kappa shape index (κ2) is 7.34. The van der Waals surface area contributed by atoms with Crippen LogP contribution < -0.4 is 10.6 Å². The van der Waals surface area contributed by atoms with Crippen molar-refractivity contribution in [3.05, 3.63) is 18.0 Å². The maximum atomic E-state index is 6.02. The van der Waals surface area contributed by atoms with Gasteiger partial charge in [0.1, 0.15) is 25.7 Å². The highest BCUT2D eigenvalue weighted by Gasteiger charge is 2.29. The lowest BCUT2D eigenvalue weighted by atomic mass is 9.97. The van der Waals surface area contributed by atoms with E-state index in [1.54, 1.807) is 11.8 Å². The first-order valence-corrected chi connectivity index (χ1v) is 10.4. The van der Waals surface area contributed by atoms with Gasteiger partial charge in [-0.15, -0.1) is 16.4 Å². The highest BCUT2D eigenvalue weighted by molar-refractivity contribution is 7.98. The van der Waals surface area contributed by atoms with Crippen LogP contribution in [0.25, 0.3) is 11.1 Å². The zero-order valence-electron chi connectivity index (χ0n) is 16.0. The predicted molar refractivity (Wildman–Crippen MR) is 111 cm³/mol. The summed E-state index contributed by atoms with van der Waals surface area (Å²) in [6, 6.07) is 3.99. The van der Waals surface area contributed by atoms with Crippen molar-refractivity contribution in [2.75, 3.05) is 44.8 Å². The van der Waals surface area contributed by atoms with Gasteiger partial charge in [-0.05, 0) is 24.5 Å². The number of hydrogen-bond acceptors (Lipinski definition) is 6. The van der Waals surface area contributed by atoms with Crippen LogP contribution >= 0.6 is 24.0 Å². The molecule has 0 aliphatic carbocycles. The second-order valence-electron chi connectivity index (χ2n) is 7.79. The van der Waals surface area contributed by atoms with Gasteiger partial charge in [0.25, 0.3) is 0 Å². The van der Waals surface area contributed by atoms with E-state index >= 15 is 0 Å². The minimum atomic E-state index is -0.133. The number of hydrogen-bond donors (Lipinski definition) is 2. The number of anilines is 1. The highest BCUT2D eigenvalue weighted by atomic mass is 32.2. The van der Waals surface area contributed by atoms with Gasteiger partial charge in [-0.25, -0.2) is 4.98 Å². The Balaban J connectivity index is 1.83. The molecule has 0 unspecified atom stereocenters. The Bertz CT molecular complexity index is 807. The van der Waals surface area contributed by atoms with Gasteiger partial charge in [0.15, 0.2) is 5.58 Å². The molecule has 1 aromatic heterocycles. The molecule has 0 amide bonds. The molecule has 1 aliphatic heterocycles. The molecule has 1 aromatic carbocycles. The van der Waals surface area contributed by atoms with Crippen LogP contribution in [0.2, 0.25) is 0 Å². The number of nitrogens with zero attached hydrogens (tertiary/aromatic N) is 2. The lowest BCUT2D eigenvalue weighted by molar-refractivity contribution is -1.07. The van der Waals surface area contributed by atoms with Gasteiger partial charge in [-0.2, -0.15) is 0 Å². The Kier molecular flexibility index (Phi) is 5.48. The number of thiocarbonyl (C=S) groups is 1.